The van der Waals surface area contributed by atoms with Gasteiger partial charge >= 0.3 is 0 Å². The van der Waals surface area contributed by atoms with Crippen molar-refractivity contribution < 1.29 is 9.32 Å². The van der Waals surface area contributed by atoms with E-state index in [4.69, 9.17) is 4.52 Å². The minimum atomic E-state index is -0.448. The molecule has 0 unspecified atom stereocenters. The molecule has 0 spiro atoms. The van der Waals surface area contributed by atoms with Crippen molar-refractivity contribution in [3.05, 3.63) is 53.9 Å². The first-order valence-electron chi connectivity index (χ1n) is 7.25. The number of hydrogen-bond donors (Lipinski definition) is 2. The van der Waals surface area contributed by atoms with Gasteiger partial charge in [0.15, 0.2) is 0 Å². The number of aromatic nitrogens is 1. The Balaban J connectivity index is 1.80. The third-order valence-corrected chi connectivity index (χ3v) is 4.14. The van der Waals surface area contributed by atoms with Gasteiger partial charge in [0.2, 0.25) is 5.91 Å². The molecule has 1 saturated heterocycles. The van der Waals surface area contributed by atoms with Crippen LogP contribution in [-0.4, -0.2) is 24.2 Å². The molecule has 0 saturated carbocycles. The van der Waals surface area contributed by atoms with Crippen molar-refractivity contribution in [3.8, 4) is 0 Å². The summed E-state index contributed by atoms with van der Waals surface area (Å²) in [5.74, 6) is 0.0678. The highest BCUT2D eigenvalue weighted by atomic mass is 16.5. The van der Waals surface area contributed by atoms with Gasteiger partial charge in [0, 0.05) is 6.07 Å². The minimum absolute atomic E-state index is 0.0678. The molecule has 0 atom stereocenters. The quantitative estimate of drug-likeness (QED) is 0.895. The second kappa shape index (κ2) is 6.10. The predicted molar refractivity (Wildman–Crippen MR) is 78.6 cm³/mol. The summed E-state index contributed by atoms with van der Waals surface area (Å²) < 4.78 is 4.79. The monoisotopic (exact) mass is 285 g/mol. The largest absolute Gasteiger partial charge is 0.364 e. The van der Waals surface area contributed by atoms with E-state index in [1.54, 1.807) is 6.07 Å². The van der Waals surface area contributed by atoms with E-state index < -0.39 is 5.41 Å². The lowest BCUT2D eigenvalue weighted by Gasteiger charge is -2.36. The van der Waals surface area contributed by atoms with Crippen LogP contribution < -0.4 is 10.6 Å². The zero-order valence-electron chi connectivity index (χ0n) is 11.8. The molecule has 0 aliphatic carbocycles. The van der Waals surface area contributed by atoms with E-state index in [9.17, 15) is 4.79 Å². The first kappa shape index (κ1) is 13.8. The van der Waals surface area contributed by atoms with Crippen molar-refractivity contribution in [1.82, 2.24) is 15.8 Å². The molecule has 5 nitrogen and oxygen atoms in total. The van der Waals surface area contributed by atoms with Crippen LogP contribution in [0.5, 0.6) is 0 Å². The van der Waals surface area contributed by atoms with E-state index in [0.717, 1.165) is 37.2 Å². The predicted octanol–water partition coefficient (Wildman–Crippen LogP) is 1.61. The number of benzene rings is 1. The first-order valence-corrected chi connectivity index (χ1v) is 7.25. The van der Waals surface area contributed by atoms with Crippen molar-refractivity contribution in [2.24, 2.45) is 0 Å². The summed E-state index contributed by atoms with van der Waals surface area (Å²) in [5.41, 5.74) is 1.38. The Morgan fingerprint density at radius 1 is 1.24 bits per heavy atom. The molecule has 0 bridgehead atoms. The van der Waals surface area contributed by atoms with Crippen molar-refractivity contribution in [2.75, 3.05) is 13.1 Å². The van der Waals surface area contributed by atoms with Crippen LogP contribution in [0.15, 0.2) is 47.2 Å². The summed E-state index contributed by atoms with van der Waals surface area (Å²) in [7, 11) is 0. The van der Waals surface area contributed by atoms with Crippen LogP contribution in [0.3, 0.4) is 0 Å². The van der Waals surface area contributed by atoms with Gasteiger partial charge in [-0.3, -0.25) is 4.79 Å². The van der Waals surface area contributed by atoms with Crippen LogP contribution in [0.4, 0.5) is 0 Å². The zero-order valence-corrected chi connectivity index (χ0v) is 11.8. The molecule has 21 heavy (non-hydrogen) atoms. The summed E-state index contributed by atoms with van der Waals surface area (Å²) in [6.07, 6.45) is 3.13. The van der Waals surface area contributed by atoms with Crippen molar-refractivity contribution in [3.63, 3.8) is 0 Å². The zero-order chi connectivity index (χ0) is 14.5. The molecule has 1 fully saturated rings. The summed E-state index contributed by atoms with van der Waals surface area (Å²) >= 11 is 0. The molecule has 5 heteroatoms. The third-order valence-electron chi connectivity index (χ3n) is 4.14. The summed E-state index contributed by atoms with van der Waals surface area (Å²) in [4.78, 5) is 12.8. The molecule has 2 heterocycles. The Morgan fingerprint density at radius 2 is 2.00 bits per heavy atom. The Kier molecular flexibility index (Phi) is 4.01. The Labute approximate surface area is 123 Å². The first-order chi connectivity index (χ1) is 10.3. The van der Waals surface area contributed by atoms with E-state index in [0.29, 0.717) is 6.54 Å². The van der Waals surface area contributed by atoms with Gasteiger partial charge < -0.3 is 15.2 Å². The fraction of sp³-hybridized carbons (Fsp3) is 0.375. The van der Waals surface area contributed by atoms with Crippen molar-refractivity contribution >= 4 is 5.91 Å². The second-order valence-electron chi connectivity index (χ2n) is 5.37. The topological polar surface area (TPSA) is 67.2 Å². The number of piperidine rings is 1. The van der Waals surface area contributed by atoms with Gasteiger partial charge in [0.1, 0.15) is 12.0 Å². The molecule has 110 valence electrons. The summed E-state index contributed by atoms with van der Waals surface area (Å²) in [5, 5.41) is 10.2. The number of nitrogens with zero attached hydrogens (tertiary/aromatic N) is 1. The molecule has 3 rings (SSSR count). The van der Waals surface area contributed by atoms with Gasteiger partial charge in [-0.25, -0.2) is 0 Å². The van der Waals surface area contributed by atoms with E-state index in [-0.39, 0.29) is 5.91 Å². The highest BCUT2D eigenvalue weighted by Gasteiger charge is 2.40. The molecule has 1 aromatic carbocycles. The van der Waals surface area contributed by atoms with Crippen LogP contribution in [0.2, 0.25) is 0 Å². The molecule has 1 aromatic heterocycles. The van der Waals surface area contributed by atoms with E-state index >= 15 is 0 Å². The van der Waals surface area contributed by atoms with Crippen molar-refractivity contribution in [2.45, 2.75) is 24.8 Å². The number of amides is 1. The number of nitrogens with one attached hydrogen (secondary N) is 2. The van der Waals surface area contributed by atoms with E-state index in [1.165, 1.54) is 6.26 Å². The summed E-state index contributed by atoms with van der Waals surface area (Å²) in [6, 6.07) is 11.8. The molecule has 1 amide bonds. The average molecular weight is 285 g/mol. The van der Waals surface area contributed by atoms with Gasteiger partial charge in [-0.05, 0) is 31.5 Å². The lowest BCUT2D eigenvalue weighted by Crippen LogP contribution is -2.50. The van der Waals surface area contributed by atoms with Gasteiger partial charge in [0.05, 0.1) is 12.0 Å². The highest BCUT2D eigenvalue weighted by Crippen LogP contribution is 2.33. The SMILES string of the molecule is O=C(NCc1ccon1)C1(c2ccccc2)CCNCC1. The summed E-state index contributed by atoms with van der Waals surface area (Å²) in [6.45, 7) is 2.11. The van der Waals surface area contributed by atoms with E-state index in [2.05, 4.69) is 15.8 Å². The van der Waals surface area contributed by atoms with Crippen LogP contribution in [0.1, 0.15) is 24.1 Å². The molecular formula is C16H19N3O2. The number of carbonyl (C=O) groups is 1. The smallest absolute Gasteiger partial charge is 0.231 e. The third kappa shape index (κ3) is 2.83. The standard InChI is InChI=1S/C16H19N3O2/c20-15(18-12-14-6-11-21-19-14)16(7-9-17-10-8-16)13-4-2-1-3-5-13/h1-6,11,17H,7-10,12H2,(H,18,20). The Hall–Kier alpha value is -2.14. The fourth-order valence-electron chi connectivity index (χ4n) is 2.93. The van der Waals surface area contributed by atoms with Gasteiger partial charge in [0.25, 0.3) is 0 Å². The Bertz CT molecular complexity index is 575. The average Bonchev–Trinajstić information content (AvgIpc) is 3.07. The van der Waals surface area contributed by atoms with Crippen LogP contribution in [0.25, 0.3) is 0 Å². The maximum Gasteiger partial charge on any atom is 0.231 e. The maximum absolute atomic E-state index is 12.8. The lowest BCUT2D eigenvalue weighted by molar-refractivity contribution is -0.128. The van der Waals surface area contributed by atoms with Crippen LogP contribution in [-0.2, 0) is 16.8 Å². The maximum atomic E-state index is 12.8. The molecule has 1 aliphatic rings. The van der Waals surface area contributed by atoms with Crippen LogP contribution >= 0.6 is 0 Å². The molecular weight excluding hydrogens is 266 g/mol. The normalized spacial score (nSPS) is 17.3. The van der Waals surface area contributed by atoms with Crippen molar-refractivity contribution in [1.29, 1.82) is 0 Å². The molecule has 1 aliphatic heterocycles. The number of hydrogen-bond acceptors (Lipinski definition) is 4. The Morgan fingerprint density at radius 3 is 2.67 bits per heavy atom. The highest BCUT2D eigenvalue weighted by molar-refractivity contribution is 5.88. The van der Waals surface area contributed by atoms with Gasteiger partial charge in [-0.2, -0.15) is 0 Å². The number of carbonyl (C=O) groups excluding carboxylic acids is 1. The fourth-order valence-corrected chi connectivity index (χ4v) is 2.93. The van der Waals surface area contributed by atoms with Crippen LogP contribution in [0, 0.1) is 0 Å². The lowest BCUT2D eigenvalue weighted by atomic mass is 9.72. The minimum Gasteiger partial charge on any atom is -0.364 e. The molecule has 2 N–H and O–H groups in total. The molecule has 0 radical (unpaired) electrons. The molecule has 2 aromatic rings. The number of rotatable bonds is 4. The van der Waals surface area contributed by atoms with E-state index in [1.807, 2.05) is 30.3 Å². The second-order valence-corrected chi connectivity index (χ2v) is 5.37. The van der Waals surface area contributed by atoms with Gasteiger partial charge in [-0.15, -0.1) is 0 Å². The van der Waals surface area contributed by atoms with Gasteiger partial charge in [-0.1, -0.05) is 35.5 Å².